The lowest BCUT2D eigenvalue weighted by Crippen LogP contribution is -1.93. The van der Waals surface area contributed by atoms with Gasteiger partial charge in [0.05, 0.1) is 0 Å². The third-order valence-electron chi connectivity index (χ3n) is 3.64. The van der Waals surface area contributed by atoms with Crippen molar-refractivity contribution in [2.75, 3.05) is 0 Å². The third kappa shape index (κ3) is 9.93. The van der Waals surface area contributed by atoms with Gasteiger partial charge in [-0.05, 0) is 12.8 Å². The Morgan fingerprint density at radius 1 is 0.952 bits per heavy atom. The summed E-state index contributed by atoms with van der Waals surface area (Å²) in [5.41, 5.74) is -0.159. The Balaban J connectivity index is 1.78. The second-order valence-corrected chi connectivity index (χ2v) is 5.61. The SMILES string of the molecule is O=C(O)CCCCCCCCCCCCc1cc(=O)[nH]o1. The van der Waals surface area contributed by atoms with Crippen LogP contribution in [0.5, 0.6) is 0 Å². The minimum absolute atomic E-state index is 0.159. The van der Waals surface area contributed by atoms with Crippen LogP contribution in [0.4, 0.5) is 0 Å². The lowest BCUT2D eigenvalue weighted by Gasteiger charge is -2.02. The van der Waals surface area contributed by atoms with Crippen LogP contribution in [0.15, 0.2) is 15.4 Å². The topological polar surface area (TPSA) is 83.3 Å². The van der Waals surface area contributed by atoms with Gasteiger partial charge >= 0.3 is 5.97 Å². The summed E-state index contributed by atoms with van der Waals surface area (Å²) in [6.07, 6.45) is 12.6. The summed E-state index contributed by atoms with van der Waals surface area (Å²) in [7, 11) is 0. The van der Waals surface area contributed by atoms with E-state index in [2.05, 4.69) is 5.16 Å². The van der Waals surface area contributed by atoms with E-state index in [0.717, 1.165) is 37.9 Å². The smallest absolute Gasteiger partial charge is 0.303 e. The molecule has 0 aromatic carbocycles. The Labute approximate surface area is 125 Å². The van der Waals surface area contributed by atoms with Gasteiger partial charge in [0.25, 0.3) is 5.56 Å². The number of H-pyrrole nitrogens is 1. The van der Waals surface area contributed by atoms with Crippen LogP contribution in [0.1, 0.15) is 76.4 Å². The highest BCUT2D eigenvalue weighted by Crippen LogP contribution is 2.12. The van der Waals surface area contributed by atoms with Crippen LogP contribution in [0.2, 0.25) is 0 Å². The molecule has 0 saturated heterocycles. The first kappa shape index (κ1) is 17.5. The zero-order valence-electron chi connectivity index (χ0n) is 12.7. The number of hydrogen-bond donors (Lipinski definition) is 2. The average molecular weight is 297 g/mol. The van der Waals surface area contributed by atoms with Gasteiger partial charge in [-0.15, -0.1) is 0 Å². The number of aromatic nitrogens is 1. The summed E-state index contributed by atoms with van der Waals surface area (Å²) >= 11 is 0. The van der Waals surface area contributed by atoms with E-state index in [0.29, 0.717) is 6.42 Å². The fraction of sp³-hybridized carbons (Fsp3) is 0.750. The normalized spacial score (nSPS) is 10.9. The summed E-state index contributed by atoms with van der Waals surface area (Å²) in [5, 5.41) is 10.8. The number of carboxylic acids is 1. The lowest BCUT2D eigenvalue weighted by molar-refractivity contribution is -0.137. The largest absolute Gasteiger partial charge is 0.481 e. The third-order valence-corrected chi connectivity index (χ3v) is 3.64. The standard InChI is InChI=1S/C16H27NO4/c18-15-13-14(21-17-15)11-9-7-5-3-1-2-4-6-8-10-12-16(19)20/h13H,1-12H2,(H,17,18)(H,19,20). The Hall–Kier alpha value is -1.52. The van der Waals surface area contributed by atoms with E-state index < -0.39 is 5.97 Å². The van der Waals surface area contributed by atoms with Gasteiger partial charge in [0.15, 0.2) is 0 Å². The molecule has 0 saturated carbocycles. The quantitative estimate of drug-likeness (QED) is 0.541. The van der Waals surface area contributed by atoms with Gasteiger partial charge in [0, 0.05) is 18.9 Å². The summed E-state index contributed by atoms with van der Waals surface area (Å²) in [5.74, 6) is 0.0651. The van der Waals surface area contributed by atoms with Gasteiger partial charge in [-0.1, -0.05) is 51.4 Å². The molecule has 1 aromatic rings. The van der Waals surface area contributed by atoms with Gasteiger partial charge in [-0.25, -0.2) is 0 Å². The molecule has 0 spiro atoms. The van der Waals surface area contributed by atoms with Crippen LogP contribution in [0, 0.1) is 0 Å². The number of hydrogen-bond acceptors (Lipinski definition) is 3. The first-order valence-corrected chi connectivity index (χ1v) is 8.07. The molecule has 1 rings (SSSR count). The zero-order valence-corrected chi connectivity index (χ0v) is 12.7. The highest BCUT2D eigenvalue weighted by molar-refractivity contribution is 5.66. The molecule has 21 heavy (non-hydrogen) atoms. The molecule has 1 aromatic heterocycles. The maximum absolute atomic E-state index is 10.8. The van der Waals surface area contributed by atoms with Crippen LogP contribution >= 0.6 is 0 Å². The molecule has 0 unspecified atom stereocenters. The number of carbonyl (C=O) groups is 1. The van der Waals surface area contributed by atoms with Crippen molar-refractivity contribution >= 4 is 5.97 Å². The molecule has 0 fully saturated rings. The first-order chi connectivity index (χ1) is 10.2. The van der Waals surface area contributed by atoms with Crippen LogP contribution < -0.4 is 5.56 Å². The number of aliphatic carboxylic acids is 1. The molecule has 120 valence electrons. The Kier molecular flexibility index (Phi) is 9.33. The molecule has 0 bridgehead atoms. The van der Waals surface area contributed by atoms with Gasteiger partial charge in [0.1, 0.15) is 5.76 Å². The number of rotatable bonds is 13. The van der Waals surface area contributed by atoms with Crippen LogP contribution in [-0.2, 0) is 11.2 Å². The van der Waals surface area contributed by atoms with Crippen molar-refractivity contribution in [1.82, 2.24) is 5.16 Å². The van der Waals surface area contributed by atoms with E-state index in [1.54, 1.807) is 0 Å². The fourth-order valence-electron chi connectivity index (χ4n) is 2.43. The van der Waals surface area contributed by atoms with Gasteiger partial charge in [0.2, 0.25) is 0 Å². The number of aryl methyl sites for hydroxylation is 1. The molecule has 5 nitrogen and oxygen atoms in total. The Morgan fingerprint density at radius 3 is 1.95 bits per heavy atom. The van der Waals surface area contributed by atoms with Crippen molar-refractivity contribution in [2.45, 2.75) is 77.0 Å². The van der Waals surface area contributed by atoms with E-state index in [1.165, 1.54) is 44.6 Å². The molecular weight excluding hydrogens is 270 g/mol. The second-order valence-electron chi connectivity index (χ2n) is 5.61. The number of carboxylic acid groups (broad SMARTS) is 1. The summed E-state index contributed by atoms with van der Waals surface area (Å²) in [4.78, 5) is 21.2. The monoisotopic (exact) mass is 297 g/mol. The predicted molar refractivity (Wildman–Crippen MR) is 81.5 cm³/mol. The van der Waals surface area contributed by atoms with E-state index in [4.69, 9.17) is 9.63 Å². The van der Waals surface area contributed by atoms with E-state index in [9.17, 15) is 9.59 Å². The van der Waals surface area contributed by atoms with Gasteiger partial charge in [-0.2, -0.15) is 5.16 Å². The Bertz CT molecular complexity index is 435. The molecule has 5 heteroatoms. The molecule has 0 amide bonds. The highest BCUT2D eigenvalue weighted by atomic mass is 16.5. The molecule has 0 atom stereocenters. The van der Waals surface area contributed by atoms with Gasteiger partial charge < -0.3 is 9.63 Å². The summed E-state index contributed by atoms with van der Waals surface area (Å²) in [6, 6.07) is 1.52. The zero-order chi connectivity index (χ0) is 15.3. The molecule has 1 heterocycles. The molecule has 0 aliphatic rings. The molecule has 0 aliphatic heterocycles. The highest BCUT2D eigenvalue weighted by Gasteiger charge is 1.99. The molecule has 0 radical (unpaired) electrons. The lowest BCUT2D eigenvalue weighted by atomic mass is 10.0. The van der Waals surface area contributed by atoms with Crippen molar-refractivity contribution < 1.29 is 14.4 Å². The number of unbranched alkanes of at least 4 members (excludes halogenated alkanes) is 9. The van der Waals surface area contributed by atoms with E-state index in [-0.39, 0.29) is 5.56 Å². The average Bonchev–Trinajstić information content (AvgIpc) is 2.85. The van der Waals surface area contributed by atoms with Crippen LogP contribution in [0.25, 0.3) is 0 Å². The fourth-order valence-corrected chi connectivity index (χ4v) is 2.43. The van der Waals surface area contributed by atoms with Crippen molar-refractivity contribution in [3.05, 3.63) is 22.2 Å². The number of aromatic amines is 1. The van der Waals surface area contributed by atoms with Crippen molar-refractivity contribution in [3.63, 3.8) is 0 Å². The molecular formula is C16H27NO4. The Morgan fingerprint density at radius 2 is 1.48 bits per heavy atom. The molecule has 0 aliphatic carbocycles. The second kappa shape index (κ2) is 11.2. The van der Waals surface area contributed by atoms with E-state index in [1.807, 2.05) is 0 Å². The van der Waals surface area contributed by atoms with E-state index >= 15 is 0 Å². The van der Waals surface area contributed by atoms with Crippen LogP contribution in [0.3, 0.4) is 0 Å². The van der Waals surface area contributed by atoms with Crippen molar-refractivity contribution in [2.24, 2.45) is 0 Å². The molecule has 2 N–H and O–H groups in total. The maximum Gasteiger partial charge on any atom is 0.303 e. The van der Waals surface area contributed by atoms with Crippen LogP contribution in [-0.4, -0.2) is 16.2 Å². The minimum atomic E-state index is -0.686. The maximum atomic E-state index is 10.8. The van der Waals surface area contributed by atoms with Crippen molar-refractivity contribution in [1.29, 1.82) is 0 Å². The first-order valence-electron chi connectivity index (χ1n) is 8.07. The predicted octanol–water partition coefficient (Wildman–Crippen LogP) is 3.89. The minimum Gasteiger partial charge on any atom is -0.481 e. The number of nitrogens with one attached hydrogen (secondary N) is 1. The summed E-state index contributed by atoms with van der Waals surface area (Å²) in [6.45, 7) is 0. The van der Waals surface area contributed by atoms with Gasteiger partial charge in [-0.3, -0.25) is 9.59 Å². The van der Waals surface area contributed by atoms with Crippen molar-refractivity contribution in [3.8, 4) is 0 Å². The summed E-state index contributed by atoms with van der Waals surface area (Å²) < 4.78 is 5.00.